The molecule has 0 amide bonds. The Hall–Kier alpha value is -6.45. The van der Waals surface area contributed by atoms with Gasteiger partial charge in [0.25, 0.3) is 0 Å². The van der Waals surface area contributed by atoms with Crippen molar-refractivity contribution in [1.82, 2.24) is 34.9 Å². The number of aromatic nitrogens is 7. The molecule has 0 aliphatic rings. The molecule has 5 heterocycles. The fraction of sp³-hybridized carbons (Fsp3) is 0.0750. The Labute approximate surface area is 282 Å². The van der Waals surface area contributed by atoms with Crippen LogP contribution in [0.3, 0.4) is 0 Å². The third-order valence-corrected chi connectivity index (χ3v) is 8.06. The number of benzene rings is 3. The minimum absolute atomic E-state index is 0.479. The van der Waals surface area contributed by atoms with Crippen LogP contribution in [0.15, 0.2) is 134 Å². The van der Waals surface area contributed by atoms with E-state index in [9.17, 15) is 0 Å². The fourth-order valence-corrected chi connectivity index (χ4v) is 5.68. The van der Waals surface area contributed by atoms with Gasteiger partial charge >= 0.3 is 0 Å². The fourth-order valence-electron chi connectivity index (χ4n) is 5.68. The van der Waals surface area contributed by atoms with E-state index in [1.54, 1.807) is 19.5 Å². The molecule has 236 valence electrons. The Bertz CT molecular complexity index is 2400. The number of rotatable bonds is 9. The molecule has 0 N–H and O–H groups in total. The van der Waals surface area contributed by atoms with E-state index in [0.29, 0.717) is 36.3 Å². The summed E-state index contributed by atoms with van der Waals surface area (Å²) in [6, 6.07) is 39.5. The highest BCUT2D eigenvalue weighted by molar-refractivity contribution is 5.96. The summed E-state index contributed by atoms with van der Waals surface area (Å²) >= 11 is 0. The molecule has 9 nitrogen and oxygen atoms in total. The van der Waals surface area contributed by atoms with Crippen LogP contribution in [0.4, 0.5) is 0 Å². The molecule has 0 fully saturated rings. The van der Waals surface area contributed by atoms with Crippen molar-refractivity contribution in [3.63, 3.8) is 0 Å². The number of methoxy groups -OCH3 is 1. The third kappa shape index (κ3) is 6.18. The van der Waals surface area contributed by atoms with Gasteiger partial charge in [-0.15, -0.1) is 0 Å². The highest BCUT2D eigenvalue weighted by Gasteiger charge is 2.16. The van der Waals surface area contributed by atoms with Crippen LogP contribution >= 0.6 is 0 Å². The standard InChI is InChI=1S/C40H29N7O2/c1-48-23-24-49-28-18-15-26(16-19-28)37-30-20-17-27(25-36(30)45-40(46-37)35-12-5-7-22-42-35)31-13-8-14-33(43-31)38-29-9-2-3-10-32(29)44-39(47-38)34-11-4-6-21-41-34/h2-22,25H,23-24H2,1H3. The van der Waals surface area contributed by atoms with Crippen molar-refractivity contribution in [3.8, 4) is 62.7 Å². The molecule has 9 heteroatoms. The zero-order chi connectivity index (χ0) is 33.0. The Morgan fingerprint density at radius 3 is 1.84 bits per heavy atom. The second-order valence-electron chi connectivity index (χ2n) is 11.2. The van der Waals surface area contributed by atoms with E-state index >= 15 is 0 Å². The topological polar surface area (TPSA) is 109 Å². The molecular formula is C40H29N7O2. The van der Waals surface area contributed by atoms with Crippen molar-refractivity contribution < 1.29 is 9.47 Å². The van der Waals surface area contributed by atoms with Gasteiger partial charge in [-0.1, -0.05) is 42.5 Å². The van der Waals surface area contributed by atoms with Gasteiger partial charge in [-0.05, 0) is 78.9 Å². The van der Waals surface area contributed by atoms with E-state index in [4.69, 9.17) is 34.4 Å². The van der Waals surface area contributed by atoms with E-state index in [1.165, 1.54) is 0 Å². The summed E-state index contributed by atoms with van der Waals surface area (Å²) in [6.07, 6.45) is 3.49. The number of hydrogen-bond donors (Lipinski definition) is 0. The minimum Gasteiger partial charge on any atom is -0.491 e. The first-order valence-corrected chi connectivity index (χ1v) is 15.8. The molecule has 49 heavy (non-hydrogen) atoms. The molecule has 0 bridgehead atoms. The summed E-state index contributed by atoms with van der Waals surface area (Å²) in [6.45, 7) is 1.00. The lowest BCUT2D eigenvalue weighted by molar-refractivity contribution is 0.146. The smallest absolute Gasteiger partial charge is 0.179 e. The Morgan fingerprint density at radius 1 is 0.469 bits per heavy atom. The number of para-hydroxylation sites is 1. The van der Waals surface area contributed by atoms with Crippen molar-refractivity contribution in [2.75, 3.05) is 20.3 Å². The summed E-state index contributed by atoms with van der Waals surface area (Å²) in [5.74, 6) is 1.85. The summed E-state index contributed by atoms with van der Waals surface area (Å²) in [7, 11) is 1.66. The first kappa shape index (κ1) is 29.9. The second kappa shape index (κ2) is 13.3. The Kier molecular flexibility index (Phi) is 8.15. The van der Waals surface area contributed by atoms with Gasteiger partial charge < -0.3 is 9.47 Å². The quantitative estimate of drug-likeness (QED) is 0.145. The van der Waals surface area contributed by atoms with Crippen LogP contribution in [-0.4, -0.2) is 55.2 Å². The van der Waals surface area contributed by atoms with E-state index < -0.39 is 0 Å². The zero-order valence-electron chi connectivity index (χ0n) is 26.6. The maximum atomic E-state index is 5.79. The van der Waals surface area contributed by atoms with E-state index in [1.807, 2.05) is 103 Å². The number of pyridine rings is 3. The van der Waals surface area contributed by atoms with E-state index in [-0.39, 0.29) is 0 Å². The Balaban J connectivity index is 1.23. The molecule has 0 radical (unpaired) electrons. The molecule has 8 aromatic rings. The van der Waals surface area contributed by atoms with Gasteiger partial charge in [-0.3, -0.25) is 9.97 Å². The van der Waals surface area contributed by atoms with Crippen LogP contribution in [0.2, 0.25) is 0 Å². The molecule has 5 aromatic heterocycles. The first-order valence-electron chi connectivity index (χ1n) is 15.8. The molecule has 0 saturated carbocycles. The lowest BCUT2D eigenvalue weighted by Crippen LogP contribution is -2.04. The predicted octanol–water partition coefficient (Wildman–Crippen LogP) is 8.12. The highest BCUT2D eigenvalue weighted by atomic mass is 16.5. The summed E-state index contributed by atoms with van der Waals surface area (Å²) < 4.78 is 10.9. The summed E-state index contributed by atoms with van der Waals surface area (Å²) in [5.41, 5.74) is 7.92. The molecule has 0 spiro atoms. The van der Waals surface area contributed by atoms with Gasteiger partial charge in [0.2, 0.25) is 0 Å². The maximum absolute atomic E-state index is 5.79. The number of nitrogens with zero attached hydrogens (tertiary/aromatic N) is 7. The van der Waals surface area contributed by atoms with Gasteiger partial charge in [-0.2, -0.15) is 0 Å². The Morgan fingerprint density at radius 2 is 1.10 bits per heavy atom. The second-order valence-corrected chi connectivity index (χ2v) is 11.2. The van der Waals surface area contributed by atoms with Crippen LogP contribution in [0.1, 0.15) is 0 Å². The summed E-state index contributed by atoms with van der Waals surface area (Å²) in [5, 5.41) is 1.83. The third-order valence-electron chi connectivity index (χ3n) is 8.06. The lowest BCUT2D eigenvalue weighted by Gasteiger charge is -2.12. The van der Waals surface area contributed by atoms with Crippen LogP contribution < -0.4 is 4.74 Å². The van der Waals surface area contributed by atoms with Gasteiger partial charge in [0.1, 0.15) is 29.4 Å². The average molecular weight is 640 g/mol. The molecule has 8 rings (SSSR count). The maximum Gasteiger partial charge on any atom is 0.179 e. The molecule has 0 atom stereocenters. The molecule has 0 saturated heterocycles. The molecule has 0 unspecified atom stereocenters. The van der Waals surface area contributed by atoms with Crippen LogP contribution in [0.5, 0.6) is 5.75 Å². The number of fused-ring (bicyclic) bond motifs is 2. The van der Waals surface area contributed by atoms with Crippen molar-refractivity contribution in [2.24, 2.45) is 0 Å². The van der Waals surface area contributed by atoms with Crippen LogP contribution in [0, 0.1) is 0 Å². The molecule has 0 aliphatic heterocycles. The first-order chi connectivity index (χ1) is 24.2. The van der Waals surface area contributed by atoms with Crippen molar-refractivity contribution in [1.29, 1.82) is 0 Å². The van der Waals surface area contributed by atoms with Gasteiger partial charge in [0, 0.05) is 41.4 Å². The molecule has 3 aromatic carbocycles. The average Bonchev–Trinajstić information content (AvgIpc) is 3.18. The number of hydrogen-bond acceptors (Lipinski definition) is 9. The lowest BCUT2D eigenvalue weighted by atomic mass is 10.0. The summed E-state index contributed by atoms with van der Waals surface area (Å²) in [4.78, 5) is 33.9. The SMILES string of the molecule is COCCOc1ccc(-c2nc(-c3ccccn3)nc3cc(-c4cccc(-c5nc(-c6ccccn6)nc6ccccc56)n4)ccc23)cc1. The van der Waals surface area contributed by atoms with E-state index in [2.05, 4.69) is 28.2 Å². The normalized spacial score (nSPS) is 11.2. The van der Waals surface area contributed by atoms with Crippen molar-refractivity contribution in [3.05, 3.63) is 134 Å². The zero-order valence-corrected chi connectivity index (χ0v) is 26.6. The number of ether oxygens (including phenoxy) is 2. The van der Waals surface area contributed by atoms with Crippen molar-refractivity contribution in [2.45, 2.75) is 0 Å². The minimum atomic E-state index is 0.479. The van der Waals surface area contributed by atoms with Gasteiger partial charge in [0.15, 0.2) is 11.6 Å². The molecular weight excluding hydrogens is 610 g/mol. The highest BCUT2D eigenvalue weighted by Crippen LogP contribution is 2.34. The van der Waals surface area contributed by atoms with Crippen LogP contribution in [0.25, 0.3) is 78.7 Å². The van der Waals surface area contributed by atoms with E-state index in [0.717, 1.165) is 61.5 Å². The largest absolute Gasteiger partial charge is 0.491 e. The van der Waals surface area contributed by atoms with Crippen LogP contribution in [-0.2, 0) is 4.74 Å². The van der Waals surface area contributed by atoms with Crippen molar-refractivity contribution >= 4 is 21.8 Å². The molecule has 0 aliphatic carbocycles. The predicted molar refractivity (Wildman–Crippen MR) is 191 cm³/mol. The van der Waals surface area contributed by atoms with Gasteiger partial charge in [0.05, 0.1) is 34.7 Å². The van der Waals surface area contributed by atoms with Gasteiger partial charge in [-0.25, -0.2) is 24.9 Å². The monoisotopic (exact) mass is 639 g/mol.